The Morgan fingerprint density at radius 3 is 1.39 bits per heavy atom. The number of hydrogen-bond acceptors (Lipinski definition) is 4. The number of rotatable bonds is 4. The Hall–Kier alpha value is -0.940. The fourth-order valence-corrected chi connectivity index (χ4v) is 16.0. The quantitative estimate of drug-likeness (QED) is 0.392. The highest BCUT2D eigenvalue weighted by molar-refractivity contribution is 8.00. The van der Waals surface area contributed by atoms with Crippen LogP contribution >= 0.6 is 23.5 Å². The molecule has 8 aliphatic rings. The van der Waals surface area contributed by atoms with E-state index in [9.17, 15) is 0 Å². The highest BCUT2D eigenvalue weighted by Gasteiger charge is 2.87. The first-order valence-corrected chi connectivity index (χ1v) is 17.1. The Kier molecular flexibility index (Phi) is 4.46. The molecule has 0 aromatic heterocycles. The van der Waals surface area contributed by atoms with Crippen molar-refractivity contribution in [2.45, 2.75) is 72.4 Å². The van der Waals surface area contributed by atoms with Crippen molar-refractivity contribution in [3.05, 3.63) is 60.7 Å². The summed E-state index contributed by atoms with van der Waals surface area (Å²) in [6.45, 7) is 5.46. The predicted molar refractivity (Wildman–Crippen MR) is 152 cm³/mol. The number of ether oxygens (including phenoxy) is 2. The first-order valence-electron chi connectivity index (χ1n) is 15.3. The Morgan fingerprint density at radius 2 is 0.974 bits per heavy atom. The van der Waals surface area contributed by atoms with Crippen LogP contribution in [-0.2, 0) is 9.47 Å². The van der Waals surface area contributed by atoms with E-state index in [-0.39, 0.29) is 10.8 Å². The second-order valence-corrected chi connectivity index (χ2v) is 16.8. The summed E-state index contributed by atoms with van der Waals surface area (Å²) in [5, 5.41) is 0. The molecule has 2 nitrogen and oxygen atoms in total. The van der Waals surface area contributed by atoms with Crippen LogP contribution in [0.4, 0.5) is 0 Å². The standard InChI is InChI=1S/C34H38O2S2/c1-33-27-19-13-15-22-24(19)30-25(27)26-28(34(30,2)32(36-22)38-18-11-7-4-8-12-18)20-14-16-21(23(20)29(26)33)35-31(33)37-17-9-5-3-6-10-17/h3-12,19-32H,13-16H2,1-2H3/t19-,20-,21-,22+,23+,24+,25+,26+,27-,28+,29-,30-,31-,32-,33+,34+/m1/s1. The van der Waals surface area contributed by atoms with E-state index in [1.807, 2.05) is 0 Å². The smallest absolute Gasteiger partial charge is 0.114 e. The first-order chi connectivity index (χ1) is 18.6. The molecule has 0 spiro atoms. The van der Waals surface area contributed by atoms with Gasteiger partial charge >= 0.3 is 0 Å². The summed E-state index contributed by atoms with van der Waals surface area (Å²) in [4.78, 5) is 2.79. The van der Waals surface area contributed by atoms with Crippen LogP contribution in [0.1, 0.15) is 39.5 Å². The van der Waals surface area contributed by atoms with E-state index in [0.717, 1.165) is 59.2 Å². The van der Waals surface area contributed by atoms with E-state index in [4.69, 9.17) is 9.47 Å². The van der Waals surface area contributed by atoms with Gasteiger partial charge in [-0.25, -0.2) is 0 Å². The maximum atomic E-state index is 7.31. The van der Waals surface area contributed by atoms with Gasteiger partial charge in [0.2, 0.25) is 0 Å². The highest BCUT2D eigenvalue weighted by atomic mass is 32.2. The minimum Gasteiger partial charge on any atom is -0.363 e. The van der Waals surface area contributed by atoms with Gasteiger partial charge in [-0.2, -0.15) is 0 Å². The van der Waals surface area contributed by atoms with Crippen molar-refractivity contribution in [1.82, 2.24) is 0 Å². The monoisotopic (exact) mass is 542 g/mol. The number of thioether (sulfide) groups is 2. The summed E-state index contributed by atoms with van der Waals surface area (Å²) in [5.74, 6) is 8.36. The molecule has 0 amide bonds. The summed E-state index contributed by atoms with van der Waals surface area (Å²) in [7, 11) is 0. The minimum atomic E-state index is 0.286. The molecule has 0 bridgehead atoms. The topological polar surface area (TPSA) is 18.5 Å². The van der Waals surface area contributed by atoms with Crippen LogP contribution in [0.5, 0.6) is 0 Å². The van der Waals surface area contributed by atoms with Crippen molar-refractivity contribution < 1.29 is 9.47 Å². The van der Waals surface area contributed by atoms with Crippen molar-refractivity contribution in [3.63, 3.8) is 0 Å². The highest BCUT2D eigenvalue weighted by Crippen LogP contribution is 2.88. The van der Waals surface area contributed by atoms with Gasteiger partial charge in [0.05, 0.1) is 12.2 Å². The van der Waals surface area contributed by atoms with E-state index < -0.39 is 0 Å². The Balaban J connectivity index is 1.13. The third kappa shape index (κ3) is 2.44. The van der Waals surface area contributed by atoms with Gasteiger partial charge in [0.1, 0.15) is 10.9 Å². The summed E-state index contributed by atoms with van der Waals surface area (Å²) in [6.07, 6.45) is 6.27. The molecule has 38 heavy (non-hydrogen) atoms. The Bertz CT molecular complexity index is 1190. The zero-order valence-corrected chi connectivity index (χ0v) is 24.0. The summed E-state index contributed by atoms with van der Waals surface area (Å²) in [5.41, 5.74) is 1.17. The lowest BCUT2D eigenvalue weighted by atomic mass is 9.61. The average molecular weight is 543 g/mol. The zero-order chi connectivity index (χ0) is 25.0. The first kappa shape index (κ1) is 22.7. The Labute approximate surface area is 235 Å². The van der Waals surface area contributed by atoms with Crippen LogP contribution < -0.4 is 0 Å². The van der Waals surface area contributed by atoms with Crippen LogP contribution in [-0.4, -0.2) is 23.1 Å². The van der Waals surface area contributed by atoms with Crippen molar-refractivity contribution in [2.24, 2.45) is 70.0 Å². The minimum absolute atomic E-state index is 0.286. The predicted octanol–water partition coefficient (Wildman–Crippen LogP) is 7.84. The molecule has 2 heterocycles. The zero-order valence-electron chi connectivity index (χ0n) is 22.3. The number of fused-ring (bicyclic) bond motifs is 4. The number of benzene rings is 2. The molecule has 6 aliphatic carbocycles. The van der Waals surface area contributed by atoms with Gasteiger partial charge in [-0.3, -0.25) is 0 Å². The van der Waals surface area contributed by atoms with Gasteiger partial charge in [-0.05, 0) is 109 Å². The van der Waals surface area contributed by atoms with Crippen molar-refractivity contribution in [3.8, 4) is 0 Å². The van der Waals surface area contributed by atoms with Gasteiger partial charge < -0.3 is 9.47 Å². The second kappa shape index (κ2) is 7.46. The van der Waals surface area contributed by atoms with Crippen LogP contribution in [0.3, 0.4) is 0 Å². The average Bonchev–Trinajstić information content (AvgIpc) is 3.73. The molecule has 8 fully saturated rings. The van der Waals surface area contributed by atoms with Crippen molar-refractivity contribution in [1.29, 1.82) is 0 Å². The van der Waals surface area contributed by atoms with Crippen molar-refractivity contribution >= 4 is 23.5 Å². The molecule has 2 aliphatic heterocycles. The molecular formula is C34H38O2S2. The van der Waals surface area contributed by atoms with E-state index in [1.165, 1.54) is 35.5 Å². The van der Waals surface area contributed by atoms with E-state index in [2.05, 4.69) is 98.0 Å². The van der Waals surface area contributed by atoms with E-state index >= 15 is 0 Å². The van der Waals surface area contributed by atoms with Gasteiger partial charge in [-0.15, -0.1) is 0 Å². The summed E-state index contributed by atoms with van der Waals surface area (Å²) in [6, 6.07) is 22.4. The molecular weight excluding hydrogens is 505 g/mol. The molecule has 10 rings (SSSR count). The molecule has 0 unspecified atom stereocenters. The molecule has 2 aromatic carbocycles. The van der Waals surface area contributed by atoms with E-state index in [1.54, 1.807) is 0 Å². The lowest BCUT2D eigenvalue weighted by molar-refractivity contribution is -0.160. The molecule has 6 saturated carbocycles. The second-order valence-electron chi connectivity index (χ2n) is 14.5. The number of hydrogen-bond donors (Lipinski definition) is 0. The largest absolute Gasteiger partial charge is 0.363 e. The summed E-state index contributed by atoms with van der Waals surface area (Å²) >= 11 is 4.14. The van der Waals surface area contributed by atoms with Crippen LogP contribution in [0, 0.1) is 70.0 Å². The van der Waals surface area contributed by atoms with Gasteiger partial charge in [0.15, 0.2) is 0 Å². The molecule has 2 saturated heterocycles. The maximum Gasteiger partial charge on any atom is 0.114 e. The lowest BCUT2D eigenvalue weighted by Crippen LogP contribution is -2.54. The van der Waals surface area contributed by atoms with Crippen LogP contribution in [0.2, 0.25) is 0 Å². The van der Waals surface area contributed by atoms with Gasteiger partial charge in [0.25, 0.3) is 0 Å². The molecule has 0 radical (unpaired) electrons. The van der Waals surface area contributed by atoms with Crippen molar-refractivity contribution in [2.75, 3.05) is 0 Å². The molecule has 198 valence electrons. The van der Waals surface area contributed by atoms with Crippen LogP contribution in [0.25, 0.3) is 0 Å². The maximum absolute atomic E-state index is 7.31. The van der Waals surface area contributed by atoms with Gasteiger partial charge in [0, 0.05) is 20.6 Å². The Morgan fingerprint density at radius 1 is 0.553 bits per heavy atom. The third-order valence-electron chi connectivity index (χ3n) is 13.7. The third-order valence-corrected chi connectivity index (χ3v) is 16.5. The fraction of sp³-hybridized carbons (Fsp3) is 0.647. The molecule has 16 atom stereocenters. The lowest BCUT2D eigenvalue weighted by Gasteiger charge is -2.53. The fourth-order valence-electron chi connectivity index (χ4n) is 13.3. The van der Waals surface area contributed by atoms with Crippen LogP contribution in [0.15, 0.2) is 70.5 Å². The molecule has 2 aromatic rings. The van der Waals surface area contributed by atoms with E-state index in [0.29, 0.717) is 23.1 Å². The summed E-state index contributed by atoms with van der Waals surface area (Å²) < 4.78 is 14.6. The molecule has 0 N–H and O–H groups in total. The molecule has 4 heteroatoms. The normalized spacial score (nSPS) is 57.5. The van der Waals surface area contributed by atoms with Gasteiger partial charge in [-0.1, -0.05) is 73.8 Å². The SMILES string of the molecule is C[C@]12[C@H]3[C@H]4[C@@H]5[C@H]6[C@H]7[C@@H](CC[C@@H]7O[C@H](Sc7ccccc7)[C@@]6(C)[C@H]4[C@@H]4CC[C@@H](O[C@@H]1Sc1ccccc1)[C@H]43)[C@H]52.